The molecule has 1 unspecified atom stereocenters. The lowest BCUT2D eigenvalue weighted by atomic mass is 10.1. The molecular weight excluding hydrogens is 434 g/mol. The Kier molecular flexibility index (Phi) is 6.42. The van der Waals surface area contributed by atoms with E-state index < -0.39 is 5.25 Å². The predicted octanol–water partition coefficient (Wildman–Crippen LogP) is 5.02. The van der Waals surface area contributed by atoms with Crippen LogP contribution in [0.3, 0.4) is 0 Å². The quantitative estimate of drug-likeness (QED) is 0.250. The monoisotopic (exact) mass is 457 g/mol. The fourth-order valence-electron chi connectivity index (χ4n) is 3.46. The van der Waals surface area contributed by atoms with Crippen molar-refractivity contribution in [3.8, 4) is 5.69 Å². The molecule has 6 nitrogen and oxygen atoms in total. The number of Topliss-reactive ketones (excluding diaryl/α,β-unsaturated/α-hetero) is 1. The van der Waals surface area contributed by atoms with Crippen molar-refractivity contribution in [2.24, 2.45) is 0 Å². The van der Waals surface area contributed by atoms with Crippen LogP contribution in [0, 0.1) is 6.92 Å². The van der Waals surface area contributed by atoms with E-state index in [1.54, 1.807) is 47.9 Å². The maximum Gasteiger partial charge on any atom is 0.266 e. The van der Waals surface area contributed by atoms with Crippen LogP contribution in [-0.4, -0.2) is 26.5 Å². The van der Waals surface area contributed by atoms with Gasteiger partial charge >= 0.3 is 0 Å². The zero-order valence-corrected chi connectivity index (χ0v) is 19.3. The highest BCUT2D eigenvalue weighted by Crippen LogP contribution is 2.27. The minimum Gasteiger partial charge on any atom is -0.325 e. The predicted molar refractivity (Wildman–Crippen MR) is 132 cm³/mol. The molecule has 0 spiro atoms. The highest BCUT2D eigenvalue weighted by Gasteiger charge is 2.21. The molecule has 0 saturated heterocycles. The Labute approximate surface area is 195 Å². The number of nitrogens with one attached hydrogen (secondary N) is 1. The first-order chi connectivity index (χ1) is 15.8. The number of carbonyl (C=O) groups is 2. The van der Waals surface area contributed by atoms with Gasteiger partial charge in [0, 0.05) is 11.3 Å². The van der Waals surface area contributed by atoms with Gasteiger partial charge in [-0.1, -0.05) is 42.1 Å². The van der Waals surface area contributed by atoms with Gasteiger partial charge < -0.3 is 5.32 Å². The maximum absolute atomic E-state index is 13.4. The van der Waals surface area contributed by atoms with Gasteiger partial charge in [-0.15, -0.1) is 0 Å². The fourth-order valence-corrected chi connectivity index (χ4v) is 4.38. The molecule has 0 bridgehead atoms. The summed E-state index contributed by atoms with van der Waals surface area (Å²) in [6, 6.07) is 21.6. The zero-order valence-electron chi connectivity index (χ0n) is 18.5. The van der Waals surface area contributed by atoms with E-state index in [0.29, 0.717) is 27.3 Å². The fraction of sp³-hybridized carbons (Fsp3) is 0.154. The van der Waals surface area contributed by atoms with E-state index in [9.17, 15) is 14.4 Å². The molecule has 1 amide bonds. The topological polar surface area (TPSA) is 81.1 Å². The van der Waals surface area contributed by atoms with Crippen molar-refractivity contribution >= 4 is 40.0 Å². The van der Waals surface area contributed by atoms with Gasteiger partial charge in [0.15, 0.2) is 10.9 Å². The smallest absolute Gasteiger partial charge is 0.266 e. The van der Waals surface area contributed by atoms with Crippen LogP contribution in [0.4, 0.5) is 5.69 Å². The van der Waals surface area contributed by atoms with Gasteiger partial charge in [-0.3, -0.25) is 19.0 Å². The third kappa shape index (κ3) is 4.73. The lowest BCUT2D eigenvalue weighted by Crippen LogP contribution is -2.26. The summed E-state index contributed by atoms with van der Waals surface area (Å²) >= 11 is 1.22. The third-order valence-corrected chi connectivity index (χ3v) is 6.36. The van der Waals surface area contributed by atoms with Crippen LogP contribution in [0.5, 0.6) is 0 Å². The van der Waals surface area contributed by atoms with Gasteiger partial charge in [0.05, 0.1) is 21.8 Å². The summed E-state index contributed by atoms with van der Waals surface area (Å²) in [7, 11) is 0. The van der Waals surface area contributed by atoms with E-state index in [-0.39, 0.29) is 17.2 Å². The molecule has 0 radical (unpaired) electrons. The Morgan fingerprint density at radius 2 is 1.64 bits per heavy atom. The second kappa shape index (κ2) is 9.42. The highest BCUT2D eigenvalue weighted by atomic mass is 32.2. The Morgan fingerprint density at radius 3 is 2.33 bits per heavy atom. The van der Waals surface area contributed by atoms with E-state index in [2.05, 4.69) is 5.32 Å². The van der Waals surface area contributed by atoms with Crippen LogP contribution in [0.15, 0.2) is 82.7 Å². The van der Waals surface area contributed by atoms with Crippen molar-refractivity contribution in [3.63, 3.8) is 0 Å². The summed E-state index contributed by atoms with van der Waals surface area (Å²) in [4.78, 5) is 42.5. The van der Waals surface area contributed by atoms with Crippen LogP contribution in [0.1, 0.15) is 29.8 Å². The normalized spacial score (nSPS) is 11.8. The number of amides is 1. The molecule has 1 heterocycles. The number of aryl methyl sites for hydroxylation is 1. The molecular formula is C26H23N3O3S. The number of hydrogen-bond donors (Lipinski definition) is 1. The molecule has 4 rings (SSSR count). The number of para-hydroxylation sites is 2. The van der Waals surface area contributed by atoms with Crippen molar-refractivity contribution in [3.05, 3.63) is 94.3 Å². The molecule has 3 aromatic carbocycles. The Bertz CT molecular complexity index is 1410. The summed E-state index contributed by atoms with van der Waals surface area (Å²) in [5, 5.41) is 3.31. The van der Waals surface area contributed by atoms with E-state index in [4.69, 9.17) is 4.98 Å². The van der Waals surface area contributed by atoms with Crippen LogP contribution in [-0.2, 0) is 4.79 Å². The summed E-state index contributed by atoms with van der Waals surface area (Å²) in [5.41, 5.74) is 3.25. The molecule has 0 aliphatic carbocycles. The number of nitrogens with zero attached hydrogens (tertiary/aromatic N) is 2. The van der Waals surface area contributed by atoms with E-state index in [1.165, 1.54) is 18.7 Å². The van der Waals surface area contributed by atoms with Crippen molar-refractivity contribution in [2.45, 2.75) is 31.2 Å². The average molecular weight is 458 g/mol. The molecule has 1 N–H and O–H groups in total. The van der Waals surface area contributed by atoms with Gasteiger partial charge in [-0.05, 0) is 68.8 Å². The number of benzene rings is 3. The van der Waals surface area contributed by atoms with Crippen molar-refractivity contribution < 1.29 is 9.59 Å². The number of ketones is 1. The first-order valence-electron chi connectivity index (χ1n) is 10.5. The van der Waals surface area contributed by atoms with Gasteiger partial charge in [0.1, 0.15) is 0 Å². The number of fused-ring (bicyclic) bond motifs is 1. The summed E-state index contributed by atoms with van der Waals surface area (Å²) < 4.78 is 1.58. The maximum atomic E-state index is 13.4. The summed E-state index contributed by atoms with van der Waals surface area (Å²) in [6.07, 6.45) is 0. The molecule has 1 atom stereocenters. The first kappa shape index (κ1) is 22.5. The number of carbonyl (C=O) groups excluding carboxylic acids is 2. The summed E-state index contributed by atoms with van der Waals surface area (Å²) in [6.45, 7) is 5.20. The van der Waals surface area contributed by atoms with Gasteiger partial charge in [0.25, 0.3) is 5.56 Å². The van der Waals surface area contributed by atoms with Crippen LogP contribution in [0.25, 0.3) is 16.6 Å². The van der Waals surface area contributed by atoms with Crippen LogP contribution >= 0.6 is 11.8 Å². The average Bonchev–Trinajstić information content (AvgIpc) is 2.80. The number of aromatic nitrogens is 2. The Morgan fingerprint density at radius 1 is 0.970 bits per heavy atom. The minimum absolute atomic E-state index is 0.0339. The van der Waals surface area contributed by atoms with Crippen molar-refractivity contribution in [1.29, 1.82) is 0 Å². The molecule has 0 aliphatic rings. The largest absolute Gasteiger partial charge is 0.325 e. The van der Waals surface area contributed by atoms with E-state index in [1.807, 2.05) is 43.3 Å². The molecule has 166 valence electrons. The van der Waals surface area contributed by atoms with Crippen LogP contribution in [0.2, 0.25) is 0 Å². The lowest BCUT2D eigenvalue weighted by molar-refractivity contribution is -0.115. The standard InChI is InChI=1S/C26H23N3O3S/c1-16-8-4-7-11-23(16)29-25(32)21-9-5-6-10-22(21)28-26(29)33-18(3)24(31)27-20-14-12-19(13-15-20)17(2)30/h4-15,18H,1-3H3,(H,27,31). The number of rotatable bonds is 6. The Hall–Kier alpha value is -3.71. The van der Waals surface area contributed by atoms with Gasteiger partial charge in [-0.25, -0.2) is 4.98 Å². The second-order valence-corrected chi connectivity index (χ2v) is 9.03. The van der Waals surface area contributed by atoms with E-state index >= 15 is 0 Å². The van der Waals surface area contributed by atoms with Crippen molar-refractivity contribution in [1.82, 2.24) is 9.55 Å². The SMILES string of the molecule is CC(=O)c1ccc(NC(=O)C(C)Sc2nc3ccccc3c(=O)n2-c2ccccc2C)cc1. The molecule has 7 heteroatoms. The van der Waals surface area contributed by atoms with Gasteiger partial charge in [-0.2, -0.15) is 0 Å². The van der Waals surface area contributed by atoms with E-state index in [0.717, 1.165) is 11.3 Å². The second-order valence-electron chi connectivity index (χ2n) is 7.72. The molecule has 0 fully saturated rings. The van der Waals surface area contributed by atoms with Gasteiger partial charge in [0.2, 0.25) is 5.91 Å². The van der Waals surface area contributed by atoms with Crippen molar-refractivity contribution in [2.75, 3.05) is 5.32 Å². The highest BCUT2D eigenvalue weighted by molar-refractivity contribution is 8.00. The zero-order chi connectivity index (χ0) is 23.5. The lowest BCUT2D eigenvalue weighted by Gasteiger charge is -2.17. The molecule has 4 aromatic rings. The molecule has 0 saturated carbocycles. The molecule has 0 aliphatic heterocycles. The first-order valence-corrected chi connectivity index (χ1v) is 11.4. The number of hydrogen-bond acceptors (Lipinski definition) is 5. The third-order valence-electron chi connectivity index (χ3n) is 5.31. The minimum atomic E-state index is -0.527. The molecule has 33 heavy (non-hydrogen) atoms. The summed E-state index contributed by atoms with van der Waals surface area (Å²) in [5.74, 6) is -0.261. The molecule has 1 aromatic heterocycles. The number of anilines is 1. The Balaban J connectivity index is 1.68. The number of thioether (sulfide) groups is 1. The van der Waals surface area contributed by atoms with Crippen LogP contribution < -0.4 is 10.9 Å².